The highest BCUT2D eigenvalue weighted by atomic mass is 79.9. The Labute approximate surface area is 102 Å². The minimum absolute atomic E-state index is 0.0947. The quantitative estimate of drug-likeness (QED) is 0.803. The summed E-state index contributed by atoms with van der Waals surface area (Å²) in [4.78, 5) is 12.2. The predicted molar refractivity (Wildman–Crippen MR) is 67.6 cm³/mol. The molecule has 0 saturated carbocycles. The Bertz CT molecular complexity index is 406. The lowest BCUT2D eigenvalue weighted by Crippen LogP contribution is -2.43. The molecule has 0 bridgehead atoms. The number of hydrogen-bond donors (Lipinski definition) is 1. The lowest BCUT2D eigenvalue weighted by Gasteiger charge is -2.37. The second-order valence-electron chi connectivity index (χ2n) is 4.10. The lowest BCUT2D eigenvalue weighted by atomic mass is 10.0. The van der Waals surface area contributed by atoms with Gasteiger partial charge in [0.1, 0.15) is 6.29 Å². The Balaban J connectivity index is 2.42. The number of halogens is 1. The van der Waals surface area contributed by atoms with E-state index in [1.165, 1.54) is 4.90 Å². The number of benzene rings is 1. The highest BCUT2D eigenvalue weighted by molar-refractivity contribution is 9.10. The fourth-order valence-corrected chi connectivity index (χ4v) is 3.12. The van der Waals surface area contributed by atoms with E-state index in [1.54, 1.807) is 11.8 Å². The topological polar surface area (TPSA) is 29.1 Å². The second kappa shape index (κ2) is 3.83. The van der Waals surface area contributed by atoms with Gasteiger partial charge >= 0.3 is 0 Å². The first kappa shape index (κ1) is 11.0. The van der Waals surface area contributed by atoms with Crippen molar-refractivity contribution in [1.29, 1.82) is 0 Å². The summed E-state index contributed by atoms with van der Waals surface area (Å²) in [7, 11) is 0. The number of carbonyl (C=O) groups is 1. The van der Waals surface area contributed by atoms with Crippen molar-refractivity contribution in [2.75, 3.05) is 5.32 Å². The summed E-state index contributed by atoms with van der Waals surface area (Å²) in [6.45, 7) is 4.16. The normalized spacial score (nSPS) is 22.7. The van der Waals surface area contributed by atoms with Crippen molar-refractivity contribution in [3.63, 3.8) is 0 Å². The van der Waals surface area contributed by atoms with Gasteiger partial charge in [-0.05, 0) is 32.0 Å². The maximum Gasteiger partial charge on any atom is 0.143 e. The van der Waals surface area contributed by atoms with E-state index < -0.39 is 0 Å². The van der Waals surface area contributed by atoms with E-state index in [4.69, 9.17) is 0 Å². The summed E-state index contributed by atoms with van der Waals surface area (Å²) in [6, 6.07) is 5.96. The fourth-order valence-electron chi connectivity index (χ4n) is 1.59. The van der Waals surface area contributed by atoms with Crippen molar-refractivity contribution in [1.82, 2.24) is 0 Å². The summed E-state index contributed by atoms with van der Waals surface area (Å²) in [5.74, 6) is 0. The van der Waals surface area contributed by atoms with Crippen LogP contribution in [-0.4, -0.2) is 17.1 Å². The van der Waals surface area contributed by atoms with Crippen LogP contribution in [0.2, 0.25) is 0 Å². The SMILES string of the molecule is CC1(C)Sc2ccc(Br)cc2NC1C=O. The molecule has 0 aliphatic carbocycles. The molecule has 0 spiro atoms. The number of anilines is 1. The Kier molecular flexibility index (Phi) is 2.81. The van der Waals surface area contributed by atoms with E-state index in [0.29, 0.717) is 0 Å². The molecule has 1 N–H and O–H groups in total. The third-order valence-electron chi connectivity index (χ3n) is 2.51. The highest BCUT2D eigenvalue weighted by Gasteiger charge is 2.35. The van der Waals surface area contributed by atoms with Crippen molar-refractivity contribution < 1.29 is 4.79 Å². The van der Waals surface area contributed by atoms with E-state index >= 15 is 0 Å². The molecule has 1 aliphatic rings. The minimum atomic E-state index is -0.135. The van der Waals surface area contributed by atoms with Gasteiger partial charge in [0, 0.05) is 19.8 Å². The Morgan fingerprint density at radius 1 is 1.53 bits per heavy atom. The average Bonchev–Trinajstić information content (AvgIpc) is 2.17. The van der Waals surface area contributed by atoms with Crippen LogP contribution in [0.4, 0.5) is 5.69 Å². The fraction of sp³-hybridized carbons (Fsp3) is 0.364. The van der Waals surface area contributed by atoms with Gasteiger partial charge in [0.15, 0.2) is 0 Å². The van der Waals surface area contributed by atoms with Crippen LogP contribution >= 0.6 is 27.7 Å². The second-order valence-corrected chi connectivity index (χ2v) is 6.72. The molecular weight excluding hydrogens is 274 g/mol. The molecule has 2 nitrogen and oxygen atoms in total. The molecule has 1 heterocycles. The van der Waals surface area contributed by atoms with Gasteiger partial charge in [-0.15, -0.1) is 11.8 Å². The first-order valence-corrected chi connectivity index (χ1v) is 6.34. The first-order chi connectivity index (χ1) is 7.03. The molecule has 1 unspecified atom stereocenters. The van der Waals surface area contributed by atoms with Crippen LogP contribution in [0.3, 0.4) is 0 Å². The van der Waals surface area contributed by atoms with Crippen molar-refractivity contribution in [3.8, 4) is 0 Å². The van der Waals surface area contributed by atoms with Gasteiger partial charge in [-0.2, -0.15) is 0 Å². The van der Waals surface area contributed by atoms with Gasteiger partial charge in [0.2, 0.25) is 0 Å². The number of rotatable bonds is 1. The Hall–Kier alpha value is -0.480. The molecule has 80 valence electrons. The summed E-state index contributed by atoms with van der Waals surface area (Å²) >= 11 is 5.16. The summed E-state index contributed by atoms with van der Waals surface area (Å²) in [5.41, 5.74) is 1.03. The molecule has 0 saturated heterocycles. The molecule has 1 aromatic rings. The van der Waals surface area contributed by atoms with E-state index in [1.807, 2.05) is 12.1 Å². The lowest BCUT2D eigenvalue weighted by molar-refractivity contribution is -0.108. The Morgan fingerprint density at radius 2 is 2.27 bits per heavy atom. The largest absolute Gasteiger partial charge is 0.373 e. The summed E-state index contributed by atoms with van der Waals surface area (Å²) in [6.07, 6.45) is 0.983. The molecule has 1 atom stereocenters. The number of carbonyl (C=O) groups excluding carboxylic acids is 1. The van der Waals surface area contributed by atoms with E-state index in [9.17, 15) is 4.79 Å². The standard InChI is InChI=1S/C11H12BrNOS/c1-11(2)10(6-14)13-8-5-7(12)3-4-9(8)15-11/h3-6,10,13H,1-2H3. The van der Waals surface area contributed by atoms with Gasteiger partial charge in [-0.3, -0.25) is 0 Å². The van der Waals surface area contributed by atoms with Crippen molar-refractivity contribution in [2.45, 2.75) is 29.5 Å². The van der Waals surface area contributed by atoms with Gasteiger partial charge in [0.25, 0.3) is 0 Å². The third-order valence-corrected chi connectivity index (χ3v) is 4.36. The van der Waals surface area contributed by atoms with Gasteiger partial charge < -0.3 is 10.1 Å². The molecule has 1 aromatic carbocycles. The predicted octanol–water partition coefficient (Wildman–Crippen LogP) is 3.31. The number of hydrogen-bond acceptors (Lipinski definition) is 3. The molecule has 0 amide bonds. The zero-order valence-corrected chi connectivity index (χ0v) is 11.0. The van der Waals surface area contributed by atoms with E-state index in [-0.39, 0.29) is 10.8 Å². The molecule has 0 radical (unpaired) electrons. The zero-order valence-electron chi connectivity index (χ0n) is 8.58. The van der Waals surface area contributed by atoms with Crippen LogP contribution < -0.4 is 5.32 Å². The third kappa shape index (κ3) is 2.06. The molecule has 1 aliphatic heterocycles. The van der Waals surface area contributed by atoms with Crippen LogP contribution in [0.25, 0.3) is 0 Å². The molecule has 15 heavy (non-hydrogen) atoms. The average molecular weight is 286 g/mol. The van der Waals surface area contributed by atoms with Gasteiger partial charge in [0.05, 0.1) is 6.04 Å². The molecule has 4 heteroatoms. The van der Waals surface area contributed by atoms with Crippen LogP contribution in [0.15, 0.2) is 27.6 Å². The molecule has 2 rings (SSSR count). The minimum Gasteiger partial charge on any atom is -0.373 e. The number of fused-ring (bicyclic) bond motifs is 1. The van der Waals surface area contributed by atoms with Crippen LogP contribution in [0.5, 0.6) is 0 Å². The zero-order chi connectivity index (χ0) is 11.1. The number of thioether (sulfide) groups is 1. The maximum absolute atomic E-state index is 11.0. The number of nitrogens with one attached hydrogen (secondary N) is 1. The van der Waals surface area contributed by atoms with Crippen molar-refractivity contribution in [3.05, 3.63) is 22.7 Å². The molecule has 0 fully saturated rings. The highest BCUT2D eigenvalue weighted by Crippen LogP contribution is 2.44. The van der Waals surface area contributed by atoms with Crippen LogP contribution in [0, 0.1) is 0 Å². The summed E-state index contributed by atoms with van der Waals surface area (Å²) < 4.78 is 0.932. The molecule has 0 aromatic heterocycles. The van der Waals surface area contributed by atoms with E-state index in [2.05, 4.69) is 41.2 Å². The smallest absolute Gasteiger partial charge is 0.143 e. The number of aldehydes is 1. The first-order valence-electron chi connectivity index (χ1n) is 4.73. The van der Waals surface area contributed by atoms with Gasteiger partial charge in [-0.1, -0.05) is 15.9 Å². The molecular formula is C11H12BrNOS. The summed E-state index contributed by atoms with van der Waals surface area (Å²) in [5, 5.41) is 3.26. The monoisotopic (exact) mass is 285 g/mol. The van der Waals surface area contributed by atoms with Crippen molar-refractivity contribution in [2.24, 2.45) is 0 Å². The van der Waals surface area contributed by atoms with Crippen LogP contribution in [0.1, 0.15) is 13.8 Å². The Morgan fingerprint density at radius 3 is 2.93 bits per heavy atom. The van der Waals surface area contributed by atoms with Gasteiger partial charge in [-0.25, -0.2) is 0 Å². The van der Waals surface area contributed by atoms with E-state index in [0.717, 1.165) is 16.4 Å². The van der Waals surface area contributed by atoms with Crippen molar-refractivity contribution >= 4 is 39.7 Å². The van der Waals surface area contributed by atoms with Crippen LogP contribution in [-0.2, 0) is 4.79 Å². The maximum atomic E-state index is 11.0.